The minimum atomic E-state index is -1.95. The van der Waals surface area contributed by atoms with Crippen LogP contribution in [0.1, 0.15) is 50.4 Å². The van der Waals surface area contributed by atoms with Gasteiger partial charge in [0.15, 0.2) is 14.3 Å². The minimum absolute atomic E-state index is 0.000860. The van der Waals surface area contributed by atoms with Crippen molar-refractivity contribution in [1.29, 1.82) is 0 Å². The maximum Gasteiger partial charge on any atom is 0.192 e. The summed E-state index contributed by atoms with van der Waals surface area (Å²) < 4.78 is 6.69. The number of hydrogen-bond acceptors (Lipinski definition) is 3. The number of rotatable bonds is 12. The maximum atomic E-state index is 10.3. The van der Waals surface area contributed by atoms with Crippen LogP contribution >= 0.6 is 0 Å². The van der Waals surface area contributed by atoms with Gasteiger partial charge in [0.1, 0.15) is 0 Å². The van der Waals surface area contributed by atoms with E-state index >= 15 is 0 Å². The van der Waals surface area contributed by atoms with E-state index in [2.05, 4.69) is 100.0 Å². The summed E-state index contributed by atoms with van der Waals surface area (Å²) >= 11 is 0. The van der Waals surface area contributed by atoms with E-state index < -0.39 is 8.32 Å². The molecule has 3 aromatic carbocycles. The van der Waals surface area contributed by atoms with Gasteiger partial charge < -0.3 is 20.2 Å². The first-order chi connectivity index (χ1) is 18.6. The second-order valence-corrected chi connectivity index (χ2v) is 16.7. The number of aliphatic hydroxyl groups is 1. The maximum absolute atomic E-state index is 10.3. The van der Waals surface area contributed by atoms with Crippen molar-refractivity contribution >= 4 is 14.3 Å². The van der Waals surface area contributed by atoms with Gasteiger partial charge in [-0.15, -0.1) is 0 Å². The van der Waals surface area contributed by atoms with Crippen LogP contribution in [-0.2, 0) is 17.3 Å². The number of guanidine groups is 1. The molecular formula is C33H47N3O2Si. The molecule has 3 rings (SSSR count). The highest BCUT2D eigenvalue weighted by molar-refractivity contribution is 6.74. The van der Waals surface area contributed by atoms with Crippen molar-refractivity contribution in [3.63, 3.8) is 0 Å². The van der Waals surface area contributed by atoms with Crippen molar-refractivity contribution in [3.8, 4) is 0 Å². The molecular weight excluding hydrogens is 498 g/mol. The van der Waals surface area contributed by atoms with E-state index in [0.717, 1.165) is 12.0 Å². The van der Waals surface area contributed by atoms with Crippen LogP contribution in [0, 0.1) is 0 Å². The summed E-state index contributed by atoms with van der Waals surface area (Å²) in [4.78, 5) is 5.09. The Balaban J connectivity index is 1.88. The molecule has 3 aromatic rings. The first-order valence-corrected chi connectivity index (χ1v) is 17.0. The van der Waals surface area contributed by atoms with Gasteiger partial charge in [-0.3, -0.25) is 0 Å². The van der Waals surface area contributed by atoms with Gasteiger partial charge in [-0.25, -0.2) is 4.99 Å². The molecule has 6 heteroatoms. The molecule has 0 fully saturated rings. The zero-order valence-corrected chi connectivity index (χ0v) is 25.5. The third-order valence-electron chi connectivity index (χ3n) is 7.61. The first-order valence-electron chi connectivity index (χ1n) is 14.1. The van der Waals surface area contributed by atoms with Crippen molar-refractivity contribution in [2.45, 2.75) is 76.8 Å². The molecule has 0 aliphatic rings. The molecule has 0 heterocycles. The molecule has 3 atom stereocenters. The topological polar surface area (TPSA) is 65.9 Å². The Labute approximate surface area is 236 Å². The first kappa shape index (κ1) is 30.6. The van der Waals surface area contributed by atoms with Crippen molar-refractivity contribution in [1.82, 2.24) is 10.6 Å². The minimum Gasteiger partial charge on any atom is -0.415 e. The van der Waals surface area contributed by atoms with Gasteiger partial charge in [0, 0.05) is 0 Å². The highest BCUT2D eigenvalue weighted by atomic mass is 28.4. The second kappa shape index (κ2) is 14.5. The molecule has 3 N–H and O–H groups in total. The van der Waals surface area contributed by atoms with Crippen LogP contribution in [0.15, 0.2) is 96.0 Å². The zero-order chi connectivity index (χ0) is 28.3. The van der Waals surface area contributed by atoms with Gasteiger partial charge in [-0.2, -0.15) is 0 Å². The Hall–Kier alpha value is -2.93. The van der Waals surface area contributed by atoms with Crippen molar-refractivity contribution in [3.05, 3.63) is 108 Å². The average molecular weight is 546 g/mol. The van der Waals surface area contributed by atoms with E-state index in [0.29, 0.717) is 19.0 Å². The van der Waals surface area contributed by atoms with Crippen LogP contribution in [-0.4, -0.2) is 44.7 Å². The summed E-state index contributed by atoms with van der Waals surface area (Å²) in [6.45, 7) is 14.1. The molecule has 0 saturated carbocycles. The summed E-state index contributed by atoms with van der Waals surface area (Å²) in [5.74, 6) is 0.682. The molecule has 0 unspecified atom stereocenters. The zero-order valence-electron chi connectivity index (χ0n) is 24.5. The normalized spacial score (nSPS) is 14.9. The third-order valence-corrected chi connectivity index (χ3v) is 12.1. The number of aliphatic imine (C=N–C) groups is 1. The van der Waals surface area contributed by atoms with Crippen LogP contribution in [0.4, 0.5) is 0 Å². The smallest absolute Gasteiger partial charge is 0.192 e. The number of aliphatic hydroxyl groups excluding tert-OH is 1. The van der Waals surface area contributed by atoms with Gasteiger partial charge >= 0.3 is 0 Å². The van der Waals surface area contributed by atoms with E-state index in [4.69, 9.17) is 9.42 Å². The molecule has 0 bridgehead atoms. The molecule has 0 amide bonds. The predicted molar refractivity (Wildman–Crippen MR) is 167 cm³/mol. The Bertz CT molecular complexity index is 1130. The lowest BCUT2D eigenvalue weighted by Gasteiger charge is -2.37. The molecule has 210 valence electrons. The van der Waals surface area contributed by atoms with Gasteiger partial charge in [0.25, 0.3) is 0 Å². The van der Waals surface area contributed by atoms with Crippen LogP contribution in [0.2, 0.25) is 18.1 Å². The van der Waals surface area contributed by atoms with E-state index in [1.807, 2.05) is 42.5 Å². The lowest BCUT2D eigenvalue weighted by atomic mass is 10.1. The van der Waals surface area contributed by atoms with Crippen LogP contribution < -0.4 is 10.6 Å². The number of benzene rings is 3. The third kappa shape index (κ3) is 9.95. The lowest BCUT2D eigenvalue weighted by Crippen LogP contribution is -2.53. The summed E-state index contributed by atoms with van der Waals surface area (Å²) in [6.07, 6.45) is 1.50. The summed E-state index contributed by atoms with van der Waals surface area (Å²) in [7, 11) is -1.95. The number of nitrogens with zero attached hydrogens (tertiary/aromatic N) is 1. The highest BCUT2D eigenvalue weighted by Gasteiger charge is 2.37. The van der Waals surface area contributed by atoms with Crippen molar-refractivity contribution in [2.75, 3.05) is 13.2 Å². The van der Waals surface area contributed by atoms with E-state index in [1.54, 1.807) is 0 Å². The molecule has 0 spiro atoms. The summed E-state index contributed by atoms with van der Waals surface area (Å²) in [5.41, 5.74) is 3.55. The molecule has 0 aliphatic carbocycles. The molecule has 0 aliphatic heterocycles. The molecule has 5 nitrogen and oxygen atoms in total. The number of hydrogen-bond donors (Lipinski definition) is 3. The standard InChI is InChI=1S/C33H47N3O2Si/c1-26(29-20-14-9-15-21-29)34-32(35-30(24-37)22-27-16-10-7-11-17-27)36-31(23-28-18-12-8-13-19-28)25-38-39(5,6)33(2,3)4/h7-21,26,30-31,37H,22-25H2,1-6H3,(H2,34,35,36)/t26-,30-,31-/m0/s1. The lowest BCUT2D eigenvalue weighted by molar-refractivity contribution is 0.245. The van der Waals surface area contributed by atoms with Crippen LogP contribution in [0.25, 0.3) is 0 Å². The molecule has 39 heavy (non-hydrogen) atoms. The Morgan fingerprint density at radius 3 is 1.74 bits per heavy atom. The summed E-state index contributed by atoms with van der Waals surface area (Å²) in [6, 6.07) is 30.8. The van der Waals surface area contributed by atoms with Gasteiger partial charge in [0.2, 0.25) is 0 Å². The van der Waals surface area contributed by atoms with Crippen LogP contribution in [0.5, 0.6) is 0 Å². The second-order valence-electron chi connectivity index (χ2n) is 11.9. The van der Waals surface area contributed by atoms with Gasteiger partial charge in [-0.1, -0.05) is 112 Å². The fraction of sp³-hybridized carbons (Fsp3) is 0.424. The van der Waals surface area contributed by atoms with E-state index in [-0.39, 0.29) is 29.8 Å². The molecule has 0 saturated heterocycles. The average Bonchev–Trinajstić information content (AvgIpc) is 2.92. The number of nitrogens with one attached hydrogen (secondary N) is 2. The van der Waals surface area contributed by atoms with Crippen LogP contribution in [0.3, 0.4) is 0 Å². The highest BCUT2D eigenvalue weighted by Crippen LogP contribution is 2.36. The van der Waals surface area contributed by atoms with E-state index in [1.165, 1.54) is 11.1 Å². The molecule has 0 radical (unpaired) electrons. The predicted octanol–water partition coefficient (Wildman–Crippen LogP) is 6.52. The Morgan fingerprint density at radius 1 is 0.795 bits per heavy atom. The quantitative estimate of drug-likeness (QED) is 0.138. The van der Waals surface area contributed by atoms with Crippen molar-refractivity contribution in [2.24, 2.45) is 4.99 Å². The Kier molecular flexibility index (Phi) is 11.3. The Morgan fingerprint density at radius 2 is 1.26 bits per heavy atom. The fourth-order valence-electron chi connectivity index (χ4n) is 4.14. The van der Waals surface area contributed by atoms with Gasteiger partial charge in [0.05, 0.1) is 31.3 Å². The molecule has 0 aromatic heterocycles. The van der Waals surface area contributed by atoms with Gasteiger partial charge in [-0.05, 0) is 54.6 Å². The summed E-state index contributed by atoms with van der Waals surface area (Å²) in [5, 5.41) is 17.7. The monoisotopic (exact) mass is 545 g/mol. The fourth-order valence-corrected chi connectivity index (χ4v) is 5.19. The largest absolute Gasteiger partial charge is 0.415 e. The van der Waals surface area contributed by atoms with Crippen molar-refractivity contribution < 1.29 is 9.53 Å². The SMILES string of the molecule is C[C@H](N=C(N[C@H](CO)Cc1ccccc1)N[C@H](CO[Si](C)(C)C(C)(C)C)Cc1ccccc1)c1ccccc1. The van der Waals surface area contributed by atoms with E-state index in [9.17, 15) is 5.11 Å².